The van der Waals surface area contributed by atoms with Gasteiger partial charge in [-0.05, 0) is 49.6 Å². The lowest BCUT2D eigenvalue weighted by atomic mass is 10.0. The van der Waals surface area contributed by atoms with Crippen molar-refractivity contribution in [1.82, 2.24) is 20.3 Å². The normalized spacial score (nSPS) is 13.0. The van der Waals surface area contributed by atoms with Crippen molar-refractivity contribution in [2.45, 2.75) is 32.7 Å². The SMILES string of the molecule is CC(=O)Nc1ccc(C)c(-c2cncc(-c3ccnc(C(=O)NC4CC4)c3)n2)c1. The van der Waals surface area contributed by atoms with Gasteiger partial charge in [-0.25, -0.2) is 4.98 Å². The number of hydrogen-bond acceptors (Lipinski definition) is 5. The van der Waals surface area contributed by atoms with Gasteiger partial charge in [0.2, 0.25) is 5.91 Å². The van der Waals surface area contributed by atoms with Crippen LogP contribution in [0.15, 0.2) is 48.9 Å². The van der Waals surface area contributed by atoms with Crippen molar-refractivity contribution in [1.29, 1.82) is 0 Å². The van der Waals surface area contributed by atoms with Gasteiger partial charge in [0.25, 0.3) is 5.91 Å². The second-order valence-electron chi connectivity index (χ2n) is 7.18. The van der Waals surface area contributed by atoms with Crippen molar-refractivity contribution in [3.63, 3.8) is 0 Å². The predicted molar refractivity (Wildman–Crippen MR) is 110 cm³/mol. The first-order valence-electron chi connectivity index (χ1n) is 9.47. The Bertz CT molecular complexity index is 1090. The van der Waals surface area contributed by atoms with Gasteiger partial charge < -0.3 is 10.6 Å². The van der Waals surface area contributed by atoms with Gasteiger partial charge in [0.05, 0.1) is 23.8 Å². The summed E-state index contributed by atoms with van der Waals surface area (Å²) in [5, 5.41) is 5.73. The first-order valence-corrected chi connectivity index (χ1v) is 9.47. The summed E-state index contributed by atoms with van der Waals surface area (Å²) >= 11 is 0. The van der Waals surface area contributed by atoms with Crippen LogP contribution in [0.3, 0.4) is 0 Å². The Morgan fingerprint density at radius 2 is 1.86 bits per heavy atom. The highest BCUT2D eigenvalue weighted by Gasteiger charge is 2.24. The van der Waals surface area contributed by atoms with E-state index in [9.17, 15) is 9.59 Å². The fourth-order valence-corrected chi connectivity index (χ4v) is 3.01. The number of aryl methyl sites for hydroxylation is 1. The second kappa shape index (κ2) is 7.79. The number of hydrogen-bond donors (Lipinski definition) is 2. The van der Waals surface area contributed by atoms with Crippen molar-refractivity contribution < 1.29 is 9.59 Å². The van der Waals surface area contributed by atoms with Crippen molar-refractivity contribution >= 4 is 17.5 Å². The van der Waals surface area contributed by atoms with E-state index in [0.717, 1.165) is 29.5 Å². The van der Waals surface area contributed by atoms with E-state index in [4.69, 9.17) is 4.98 Å². The van der Waals surface area contributed by atoms with Gasteiger partial charge in [0.1, 0.15) is 5.69 Å². The van der Waals surface area contributed by atoms with Crippen LogP contribution in [0.25, 0.3) is 22.5 Å². The third kappa shape index (κ3) is 4.45. The molecule has 0 spiro atoms. The number of carbonyl (C=O) groups excluding carboxylic acids is 2. The van der Waals surface area contributed by atoms with Crippen LogP contribution in [0, 0.1) is 6.92 Å². The summed E-state index contributed by atoms with van der Waals surface area (Å²) in [6, 6.07) is 9.47. The number of amides is 2. The maximum Gasteiger partial charge on any atom is 0.270 e. The molecule has 1 fully saturated rings. The highest BCUT2D eigenvalue weighted by atomic mass is 16.2. The molecule has 3 aromatic rings. The van der Waals surface area contributed by atoms with E-state index in [-0.39, 0.29) is 17.9 Å². The van der Waals surface area contributed by atoms with Gasteiger partial charge >= 0.3 is 0 Å². The number of rotatable bonds is 5. The zero-order valence-corrected chi connectivity index (χ0v) is 16.3. The Hall–Kier alpha value is -3.61. The molecule has 0 radical (unpaired) electrons. The highest BCUT2D eigenvalue weighted by Crippen LogP contribution is 2.27. The number of benzene rings is 1. The standard InChI is InChI=1S/C22H21N5O2/c1-13-3-4-17(25-14(2)28)10-18(13)21-12-23-11-20(27-21)15-7-8-24-19(9-15)22(29)26-16-5-6-16/h3-4,7-12,16H,5-6H2,1-2H3,(H,25,28)(H,26,29). The molecular weight excluding hydrogens is 366 g/mol. The van der Waals surface area contributed by atoms with Crippen molar-refractivity contribution in [3.8, 4) is 22.5 Å². The van der Waals surface area contributed by atoms with Gasteiger partial charge in [-0.15, -0.1) is 0 Å². The average Bonchev–Trinajstić information content (AvgIpc) is 3.53. The Labute approximate surface area is 168 Å². The minimum absolute atomic E-state index is 0.131. The van der Waals surface area contributed by atoms with Gasteiger partial charge in [0.15, 0.2) is 0 Å². The van der Waals surface area contributed by atoms with E-state index in [1.807, 2.05) is 31.2 Å². The Morgan fingerprint density at radius 3 is 2.62 bits per heavy atom. The fraction of sp³-hybridized carbons (Fsp3) is 0.227. The smallest absolute Gasteiger partial charge is 0.270 e. The zero-order valence-electron chi connectivity index (χ0n) is 16.3. The number of nitrogens with one attached hydrogen (secondary N) is 2. The first kappa shape index (κ1) is 18.7. The van der Waals surface area contributed by atoms with Crippen LogP contribution in [0.2, 0.25) is 0 Å². The fourth-order valence-electron chi connectivity index (χ4n) is 3.01. The van der Waals surface area contributed by atoms with Gasteiger partial charge in [-0.1, -0.05) is 6.07 Å². The first-order chi connectivity index (χ1) is 14.0. The molecule has 1 saturated carbocycles. The number of pyridine rings is 1. The monoisotopic (exact) mass is 387 g/mol. The van der Waals surface area contributed by atoms with Gasteiger partial charge in [-0.2, -0.15) is 0 Å². The predicted octanol–water partition coefficient (Wildman–Crippen LogP) is 3.36. The van der Waals surface area contributed by atoms with E-state index in [1.54, 1.807) is 24.7 Å². The quantitative estimate of drug-likeness (QED) is 0.700. The highest BCUT2D eigenvalue weighted by molar-refractivity contribution is 5.93. The van der Waals surface area contributed by atoms with Crippen molar-refractivity contribution in [2.24, 2.45) is 0 Å². The molecule has 1 aliphatic rings. The van der Waals surface area contributed by atoms with E-state index in [0.29, 0.717) is 22.8 Å². The van der Waals surface area contributed by atoms with Crippen LogP contribution in [-0.2, 0) is 4.79 Å². The molecule has 4 rings (SSSR count). The van der Waals surface area contributed by atoms with Crippen LogP contribution < -0.4 is 10.6 Å². The summed E-state index contributed by atoms with van der Waals surface area (Å²) in [6.07, 6.45) is 7.00. The number of carbonyl (C=O) groups is 2. The molecule has 7 nitrogen and oxygen atoms in total. The molecular formula is C22H21N5O2. The van der Waals surface area contributed by atoms with Gasteiger partial charge in [0, 0.05) is 36.0 Å². The molecule has 29 heavy (non-hydrogen) atoms. The Kier molecular flexibility index (Phi) is 5.03. The van der Waals surface area contributed by atoms with E-state index in [2.05, 4.69) is 20.6 Å². The maximum atomic E-state index is 12.3. The second-order valence-corrected chi connectivity index (χ2v) is 7.18. The number of aromatic nitrogens is 3. The van der Waals surface area contributed by atoms with Crippen LogP contribution in [0.1, 0.15) is 35.8 Å². The number of nitrogens with zero attached hydrogens (tertiary/aromatic N) is 3. The molecule has 2 N–H and O–H groups in total. The molecule has 0 atom stereocenters. The van der Waals surface area contributed by atoms with Crippen LogP contribution in [-0.4, -0.2) is 32.8 Å². The molecule has 0 saturated heterocycles. The molecule has 7 heteroatoms. The third-order valence-corrected chi connectivity index (χ3v) is 4.67. The molecule has 2 heterocycles. The van der Waals surface area contributed by atoms with Crippen LogP contribution in [0.5, 0.6) is 0 Å². The molecule has 0 unspecified atom stereocenters. The molecule has 146 valence electrons. The summed E-state index contributed by atoms with van der Waals surface area (Å²) in [4.78, 5) is 36.9. The van der Waals surface area contributed by atoms with Crippen molar-refractivity contribution in [2.75, 3.05) is 5.32 Å². The van der Waals surface area contributed by atoms with E-state index < -0.39 is 0 Å². The molecule has 0 aliphatic heterocycles. The summed E-state index contributed by atoms with van der Waals surface area (Å²) in [6.45, 7) is 3.45. The average molecular weight is 387 g/mol. The van der Waals surface area contributed by atoms with Crippen LogP contribution in [0.4, 0.5) is 5.69 Å². The molecule has 0 bridgehead atoms. The summed E-state index contributed by atoms with van der Waals surface area (Å²) in [5.74, 6) is -0.300. The Morgan fingerprint density at radius 1 is 1.07 bits per heavy atom. The van der Waals surface area contributed by atoms with E-state index >= 15 is 0 Å². The zero-order chi connectivity index (χ0) is 20.4. The maximum absolute atomic E-state index is 12.3. The van der Waals surface area contributed by atoms with Crippen molar-refractivity contribution in [3.05, 3.63) is 60.2 Å². The third-order valence-electron chi connectivity index (χ3n) is 4.67. The molecule has 1 aromatic carbocycles. The largest absolute Gasteiger partial charge is 0.348 e. The molecule has 1 aliphatic carbocycles. The molecule has 2 aromatic heterocycles. The Balaban J connectivity index is 1.66. The van der Waals surface area contributed by atoms with E-state index in [1.165, 1.54) is 6.92 Å². The summed E-state index contributed by atoms with van der Waals surface area (Å²) < 4.78 is 0. The minimum atomic E-state index is -0.169. The lowest BCUT2D eigenvalue weighted by Gasteiger charge is -2.10. The number of anilines is 1. The van der Waals surface area contributed by atoms with Crippen LogP contribution >= 0.6 is 0 Å². The summed E-state index contributed by atoms with van der Waals surface area (Å²) in [5.41, 5.74) is 5.07. The van der Waals surface area contributed by atoms with Gasteiger partial charge in [-0.3, -0.25) is 19.6 Å². The molecule has 2 amide bonds. The minimum Gasteiger partial charge on any atom is -0.348 e. The lowest BCUT2D eigenvalue weighted by molar-refractivity contribution is -0.114. The summed E-state index contributed by atoms with van der Waals surface area (Å²) in [7, 11) is 0. The topological polar surface area (TPSA) is 96.9 Å². The lowest BCUT2D eigenvalue weighted by Crippen LogP contribution is -2.26.